The minimum Gasteiger partial charge on any atom is -0.297 e. The highest BCUT2D eigenvalue weighted by atomic mass is 15.2. The van der Waals surface area contributed by atoms with Crippen molar-refractivity contribution >= 4 is 0 Å². The van der Waals surface area contributed by atoms with Gasteiger partial charge in [-0.3, -0.25) is 4.90 Å². The summed E-state index contributed by atoms with van der Waals surface area (Å²) in [6.07, 6.45) is 6.12. The zero-order valence-corrected chi connectivity index (χ0v) is 9.34. The van der Waals surface area contributed by atoms with Crippen LogP contribution in [0.15, 0.2) is 12.7 Å². The van der Waals surface area contributed by atoms with Gasteiger partial charge in [0.05, 0.1) is 0 Å². The van der Waals surface area contributed by atoms with Crippen molar-refractivity contribution in [3.05, 3.63) is 12.7 Å². The predicted octanol–water partition coefficient (Wildman–Crippen LogP) is 3.07. The molecule has 0 aromatic rings. The maximum absolute atomic E-state index is 3.81. The average Bonchev–Trinajstić information content (AvgIpc) is 2.78. The molecule has 0 amide bonds. The Morgan fingerprint density at radius 3 is 2.38 bits per heavy atom. The zero-order chi connectivity index (χ0) is 9.90. The Morgan fingerprint density at radius 2 is 2.00 bits per heavy atom. The Kier molecular flexibility index (Phi) is 3.55. The normalized spacial score (nSPS) is 17.8. The van der Waals surface area contributed by atoms with Crippen molar-refractivity contribution in [3.63, 3.8) is 0 Å². The van der Waals surface area contributed by atoms with E-state index < -0.39 is 0 Å². The molecule has 1 nitrogen and oxygen atoms in total. The van der Waals surface area contributed by atoms with Gasteiger partial charge in [-0.15, -0.1) is 6.58 Å². The summed E-state index contributed by atoms with van der Waals surface area (Å²) in [4.78, 5) is 2.57. The van der Waals surface area contributed by atoms with Crippen molar-refractivity contribution in [2.24, 2.45) is 5.41 Å². The average molecular weight is 181 g/mol. The molecule has 0 bridgehead atoms. The van der Waals surface area contributed by atoms with Crippen LogP contribution in [0.4, 0.5) is 0 Å². The Labute approximate surface area is 82.8 Å². The lowest BCUT2D eigenvalue weighted by atomic mass is 9.92. The first-order valence-electron chi connectivity index (χ1n) is 5.38. The molecule has 0 N–H and O–H groups in total. The maximum atomic E-state index is 3.81. The van der Waals surface area contributed by atoms with Gasteiger partial charge in [0.25, 0.3) is 0 Å². The van der Waals surface area contributed by atoms with Crippen LogP contribution in [0.5, 0.6) is 0 Å². The summed E-state index contributed by atoms with van der Waals surface area (Å²) in [6, 6.07) is 0.875. The van der Waals surface area contributed by atoms with Gasteiger partial charge in [-0.2, -0.15) is 0 Å². The molecule has 1 heteroatoms. The lowest BCUT2D eigenvalue weighted by Gasteiger charge is -2.25. The fourth-order valence-electron chi connectivity index (χ4n) is 1.51. The molecule has 0 aromatic heterocycles. The van der Waals surface area contributed by atoms with Crippen LogP contribution in [0.2, 0.25) is 0 Å². The van der Waals surface area contributed by atoms with Crippen LogP contribution >= 0.6 is 0 Å². The van der Waals surface area contributed by atoms with Crippen LogP contribution in [0.25, 0.3) is 0 Å². The van der Waals surface area contributed by atoms with Gasteiger partial charge in [0, 0.05) is 12.6 Å². The third kappa shape index (κ3) is 4.47. The molecule has 1 fully saturated rings. The van der Waals surface area contributed by atoms with E-state index in [0.717, 1.165) is 12.6 Å². The fraction of sp³-hybridized carbons (Fsp3) is 0.833. The first kappa shape index (κ1) is 10.8. The van der Waals surface area contributed by atoms with Crippen molar-refractivity contribution in [1.29, 1.82) is 0 Å². The molecule has 1 aliphatic rings. The Bertz CT molecular complexity index is 162. The van der Waals surface area contributed by atoms with Gasteiger partial charge in [-0.1, -0.05) is 26.8 Å². The van der Waals surface area contributed by atoms with Gasteiger partial charge < -0.3 is 0 Å². The molecule has 0 aliphatic heterocycles. The molecule has 1 aliphatic carbocycles. The molecule has 0 aromatic carbocycles. The van der Waals surface area contributed by atoms with E-state index >= 15 is 0 Å². The van der Waals surface area contributed by atoms with Gasteiger partial charge in [0.1, 0.15) is 0 Å². The molecule has 1 rings (SSSR count). The summed E-state index contributed by atoms with van der Waals surface area (Å²) in [5, 5.41) is 0. The van der Waals surface area contributed by atoms with Gasteiger partial charge in [0.2, 0.25) is 0 Å². The van der Waals surface area contributed by atoms with Crippen LogP contribution in [-0.2, 0) is 0 Å². The highest BCUT2D eigenvalue weighted by Gasteiger charge is 2.28. The molecule has 0 heterocycles. The minimum absolute atomic E-state index is 0.467. The van der Waals surface area contributed by atoms with E-state index in [9.17, 15) is 0 Å². The standard InChI is InChI=1S/C12H23N/c1-5-9-13(11-6-7-11)10-8-12(2,3)4/h5,11H,1,6-10H2,2-4H3. The second-order valence-corrected chi connectivity index (χ2v) is 5.33. The highest BCUT2D eigenvalue weighted by molar-refractivity contribution is 4.88. The SMILES string of the molecule is C=CCN(CCC(C)(C)C)C1CC1. The zero-order valence-electron chi connectivity index (χ0n) is 9.34. The number of rotatable bonds is 5. The van der Waals surface area contributed by atoms with Crippen LogP contribution in [0.3, 0.4) is 0 Å². The van der Waals surface area contributed by atoms with Crippen molar-refractivity contribution in [2.75, 3.05) is 13.1 Å². The topological polar surface area (TPSA) is 3.24 Å². The van der Waals surface area contributed by atoms with Gasteiger partial charge >= 0.3 is 0 Å². The largest absolute Gasteiger partial charge is 0.297 e. The fourth-order valence-corrected chi connectivity index (χ4v) is 1.51. The first-order valence-corrected chi connectivity index (χ1v) is 5.38. The summed E-state index contributed by atoms with van der Waals surface area (Å²) < 4.78 is 0. The summed E-state index contributed by atoms with van der Waals surface area (Å²) >= 11 is 0. The maximum Gasteiger partial charge on any atom is 0.0163 e. The van der Waals surface area contributed by atoms with E-state index in [1.54, 1.807) is 0 Å². The molecular weight excluding hydrogens is 158 g/mol. The minimum atomic E-state index is 0.467. The van der Waals surface area contributed by atoms with E-state index in [2.05, 4.69) is 32.3 Å². The molecule has 76 valence electrons. The van der Waals surface area contributed by atoms with Crippen LogP contribution < -0.4 is 0 Å². The predicted molar refractivity (Wildman–Crippen MR) is 58.9 cm³/mol. The molecule has 0 saturated heterocycles. The van der Waals surface area contributed by atoms with Crippen LogP contribution in [0.1, 0.15) is 40.0 Å². The van der Waals surface area contributed by atoms with Crippen molar-refractivity contribution in [3.8, 4) is 0 Å². The third-order valence-corrected chi connectivity index (χ3v) is 2.58. The smallest absolute Gasteiger partial charge is 0.0163 e. The molecule has 0 radical (unpaired) electrons. The monoisotopic (exact) mass is 181 g/mol. The molecule has 0 atom stereocenters. The van der Waals surface area contributed by atoms with Crippen molar-refractivity contribution in [2.45, 2.75) is 46.1 Å². The third-order valence-electron chi connectivity index (χ3n) is 2.58. The van der Waals surface area contributed by atoms with Gasteiger partial charge in [0.15, 0.2) is 0 Å². The van der Waals surface area contributed by atoms with Gasteiger partial charge in [-0.05, 0) is 31.2 Å². The summed E-state index contributed by atoms with van der Waals surface area (Å²) in [5.41, 5.74) is 0.467. The lowest BCUT2D eigenvalue weighted by Crippen LogP contribution is -2.29. The van der Waals surface area contributed by atoms with E-state index in [1.165, 1.54) is 25.8 Å². The number of nitrogens with zero attached hydrogens (tertiary/aromatic N) is 1. The lowest BCUT2D eigenvalue weighted by molar-refractivity contribution is 0.238. The summed E-state index contributed by atoms with van der Waals surface area (Å²) in [6.45, 7) is 13.1. The van der Waals surface area contributed by atoms with Crippen molar-refractivity contribution in [1.82, 2.24) is 4.90 Å². The molecule has 0 spiro atoms. The van der Waals surface area contributed by atoms with E-state index in [4.69, 9.17) is 0 Å². The second kappa shape index (κ2) is 4.28. The van der Waals surface area contributed by atoms with E-state index in [1.807, 2.05) is 6.08 Å². The molecule has 13 heavy (non-hydrogen) atoms. The van der Waals surface area contributed by atoms with Crippen LogP contribution in [-0.4, -0.2) is 24.0 Å². The Hall–Kier alpha value is -0.300. The van der Waals surface area contributed by atoms with E-state index in [0.29, 0.717) is 5.41 Å². The summed E-state index contributed by atoms with van der Waals surface area (Å²) in [7, 11) is 0. The van der Waals surface area contributed by atoms with Crippen LogP contribution in [0, 0.1) is 5.41 Å². The number of hydrogen-bond acceptors (Lipinski definition) is 1. The molecule has 1 saturated carbocycles. The van der Waals surface area contributed by atoms with E-state index in [-0.39, 0.29) is 0 Å². The quantitative estimate of drug-likeness (QED) is 0.589. The van der Waals surface area contributed by atoms with Gasteiger partial charge in [-0.25, -0.2) is 0 Å². The number of hydrogen-bond donors (Lipinski definition) is 0. The Morgan fingerprint density at radius 1 is 1.38 bits per heavy atom. The Balaban J connectivity index is 2.25. The van der Waals surface area contributed by atoms with Crippen molar-refractivity contribution < 1.29 is 0 Å². The second-order valence-electron chi connectivity index (χ2n) is 5.33. The summed E-state index contributed by atoms with van der Waals surface area (Å²) in [5.74, 6) is 0. The highest BCUT2D eigenvalue weighted by Crippen LogP contribution is 2.28. The molecule has 0 unspecified atom stereocenters. The first-order chi connectivity index (χ1) is 6.03. The molecular formula is C12H23N.